The first kappa shape index (κ1) is 21.8. The number of halogens is 2. The van der Waals surface area contributed by atoms with Crippen molar-refractivity contribution in [2.75, 3.05) is 19.0 Å². The predicted octanol–water partition coefficient (Wildman–Crippen LogP) is 4.72. The lowest BCUT2D eigenvalue weighted by atomic mass is 9.80. The number of rotatable bonds is 6. The number of hydrogen-bond donors (Lipinski definition) is 1. The summed E-state index contributed by atoms with van der Waals surface area (Å²) in [6.07, 6.45) is 2.03. The van der Waals surface area contributed by atoms with Crippen LogP contribution in [0, 0.1) is 24.2 Å². The maximum absolute atomic E-state index is 13.2. The molecular weight excluding hydrogens is 416 g/mol. The number of benzene rings is 1. The highest BCUT2D eigenvalue weighted by atomic mass is 19.3. The third-order valence-corrected chi connectivity index (χ3v) is 6.05. The van der Waals surface area contributed by atoms with Gasteiger partial charge in [0.05, 0.1) is 36.6 Å². The molecule has 1 N–H and O–H groups in total. The van der Waals surface area contributed by atoms with Crippen molar-refractivity contribution in [3.63, 3.8) is 0 Å². The summed E-state index contributed by atoms with van der Waals surface area (Å²) in [5, 5.41) is 12.5. The van der Waals surface area contributed by atoms with Gasteiger partial charge in [0.25, 0.3) is 0 Å². The SMILES string of the molecule is COc1cc(C#N)ccc1C1C(C=O)=C(C)Nc2c(C)cnc(OCC3CC(F)(F)C3)c21. The van der Waals surface area contributed by atoms with Gasteiger partial charge in [0.1, 0.15) is 12.0 Å². The molecule has 8 heteroatoms. The summed E-state index contributed by atoms with van der Waals surface area (Å²) in [5.41, 5.74) is 4.53. The normalized spacial score (nSPS) is 19.3. The molecule has 0 bridgehead atoms. The number of nitrogens with one attached hydrogen (secondary N) is 1. The first-order chi connectivity index (χ1) is 15.3. The van der Waals surface area contributed by atoms with Crippen molar-refractivity contribution in [3.05, 3.63) is 57.9 Å². The van der Waals surface area contributed by atoms with Gasteiger partial charge in [-0.2, -0.15) is 5.26 Å². The minimum Gasteiger partial charge on any atom is -0.496 e. The van der Waals surface area contributed by atoms with Crippen molar-refractivity contribution in [1.29, 1.82) is 5.26 Å². The summed E-state index contributed by atoms with van der Waals surface area (Å²) in [4.78, 5) is 16.6. The molecule has 6 nitrogen and oxygen atoms in total. The van der Waals surface area contributed by atoms with E-state index in [0.717, 1.165) is 17.5 Å². The van der Waals surface area contributed by atoms with Gasteiger partial charge in [-0.05, 0) is 31.5 Å². The predicted molar refractivity (Wildman–Crippen MR) is 114 cm³/mol. The average molecular weight is 439 g/mol. The van der Waals surface area contributed by atoms with Crippen LogP contribution < -0.4 is 14.8 Å². The van der Waals surface area contributed by atoms with E-state index in [-0.39, 0.29) is 31.2 Å². The minimum atomic E-state index is -2.63. The van der Waals surface area contributed by atoms with Crippen molar-refractivity contribution >= 4 is 12.0 Å². The Hall–Kier alpha value is -3.47. The quantitative estimate of drug-likeness (QED) is 0.656. The number of pyridine rings is 1. The number of aryl methyl sites for hydroxylation is 1. The Morgan fingerprint density at radius 2 is 2.09 bits per heavy atom. The highest BCUT2D eigenvalue weighted by Crippen LogP contribution is 2.49. The highest BCUT2D eigenvalue weighted by Gasteiger charge is 2.45. The Morgan fingerprint density at radius 1 is 1.34 bits per heavy atom. The van der Waals surface area contributed by atoms with Crippen LogP contribution in [-0.2, 0) is 4.79 Å². The van der Waals surface area contributed by atoms with Gasteiger partial charge in [0.2, 0.25) is 11.8 Å². The fourth-order valence-corrected chi connectivity index (χ4v) is 4.39. The Labute approximate surface area is 184 Å². The van der Waals surface area contributed by atoms with Crippen LogP contribution in [0.2, 0.25) is 0 Å². The van der Waals surface area contributed by atoms with Gasteiger partial charge < -0.3 is 14.8 Å². The maximum Gasteiger partial charge on any atom is 0.248 e. The molecule has 2 heterocycles. The highest BCUT2D eigenvalue weighted by molar-refractivity contribution is 5.86. The Bertz CT molecular complexity index is 1150. The molecule has 0 spiro atoms. The van der Waals surface area contributed by atoms with E-state index >= 15 is 0 Å². The van der Waals surface area contributed by atoms with Gasteiger partial charge in [-0.15, -0.1) is 0 Å². The third-order valence-electron chi connectivity index (χ3n) is 6.05. The molecule has 32 heavy (non-hydrogen) atoms. The fraction of sp³-hybridized carbons (Fsp3) is 0.375. The number of allylic oxidation sites excluding steroid dienone is 2. The summed E-state index contributed by atoms with van der Waals surface area (Å²) in [7, 11) is 1.50. The molecule has 1 aliphatic carbocycles. The molecule has 1 saturated carbocycles. The number of fused-ring (bicyclic) bond motifs is 1. The van der Waals surface area contributed by atoms with Crippen LogP contribution >= 0.6 is 0 Å². The molecule has 1 aromatic heterocycles. The first-order valence-corrected chi connectivity index (χ1v) is 10.3. The van der Waals surface area contributed by atoms with E-state index in [1.54, 1.807) is 24.4 Å². The van der Waals surface area contributed by atoms with Crippen molar-refractivity contribution in [1.82, 2.24) is 4.98 Å². The topological polar surface area (TPSA) is 84.2 Å². The molecule has 1 aliphatic heterocycles. The Balaban J connectivity index is 1.82. The van der Waals surface area contributed by atoms with E-state index in [1.807, 2.05) is 13.8 Å². The molecular formula is C24H23F2N3O3. The van der Waals surface area contributed by atoms with E-state index in [2.05, 4.69) is 16.4 Å². The van der Waals surface area contributed by atoms with Crippen LogP contribution in [0.3, 0.4) is 0 Å². The van der Waals surface area contributed by atoms with Crippen molar-refractivity contribution in [2.24, 2.45) is 5.92 Å². The van der Waals surface area contributed by atoms with Crippen molar-refractivity contribution < 1.29 is 23.0 Å². The van der Waals surface area contributed by atoms with Gasteiger partial charge in [-0.3, -0.25) is 4.79 Å². The number of nitriles is 1. The van der Waals surface area contributed by atoms with Gasteiger partial charge in [0, 0.05) is 47.7 Å². The van der Waals surface area contributed by atoms with Crippen LogP contribution in [0.5, 0.6) is 11.6 Å². The lowest BCUT2D eigenvalue weighted by Crippen LogP contribution is -2.38. The summed E-state index contributed by atoms with van der Waals surface area (Å²) in [6.45, 7) is 3.82. The van der Waals surface area contributed by atoms with E-state index in [4.69, 9.17) is 9.47 Å². The number of ether oxygens (including phenoxy) is 2. The molecule has 2 aliphatic rings. The molecule has 0 saturated heterocycles. The Morgan fingerprint density at radius 3 is 2.72 bits per heavy atom. The van der Waals surface area contributed by atoms with Gasteiger partial charge in [-0.1, -0.05) is 6.07 Å². The van der Waals surface area contributed by atoms with Crippen LogP contribution in [0.4, 0.5) is 14.5 Å². The molecule has 0 amide bonds. The molecule has 2 aromatic rings. The zero-order chi connectivity index (χ0) is 23.0. The molecule has 0 radical (unpaired) electrons. The molecule has 1 atom stereocenters. The smallest absolute Gasteiger partial charge is 0.248 e. The zero-order valence-electron chi connectivity index (χ0n) is 18.0. The Kier molecular flexibility index (Phi) is 5.59. The zero-order valence-corrected chi connectivity index (χ0v) is 18.0. The average Bonchev–Trinajstić information content (AvgIpc) is 2.76. The van der Waals surface area contributed by atoms with Gasteiger partial charge >= 0.3 is 0 Å². The number of anilines is 1. The summed E-state index contributed by atoms with van der Waals surface area (Å²) in [6, 6.07) is 7.13. The standard InChI is InChI=1S/C24H23F2N3O3/c1-13-10-28-23(32-12-16-7-24(25,26)8-16)21-20(18(11-30)14(2)29-22(13)21)17-5-4-15(9-27)6-19(17)31-3/h4-6,10-11,16,20,29H,7-8,12H2,1-3H3. The van der Waals surface area contributed by atoms with Gasteiger partial charge in [0.15, 0.2) is 0 Å². The second-order valence-electron chi connectivity index (χ2n) is 8.30. The molecule has 1 aromatic carbocycles. The van der Waals surface area contributed by atoms with E-state index < -0.39 is 11.8 Å². The number of carbonyl (C=O) groups excluding carboxylic acids is 1. The number of methoxy groups -OCH3 is 1. The second kappa shape index (κ2) is 8.23. The lowest BCUT2D eigenvalue weighted by molar-refractivity contribution is -0.119. The number of carbonyl (C=O) groups is 1. The second-order valence-corrected chi connectivity index (χ2v) is 8.30. The molecule has 4 rings (SSSR count). The number of hydrogen-bond acceptors (Lipinski definition) is 6. The fourth-order valence-electron chi connectivity index (χ4n) is 4.39. The largest absolute Gasteiger partial charge is 0.496 e. The van der Waals surface area contributed by atoms with E-state index in [9.17, 15) is 18.8 Å². The van der Waals surface area contributed by atoms with Crippen molar-refractivity contribution in [3.8, 4) is 17.7 Å². The number of nitrogens with zero attached hydrogens (tertiary/aromatic N) is 2. The van der Waals surface area contributed by atoms with Crippen LogP contribution in [-0.4, -0.2) is 30.9 Å². The van der Waals surface area contributed by atoms with Crippen LogP contribution in [0.15, 0.2) is 35.7 Å². The molecule has 1 unspecified atom stereocenters. The molecule has 1 fully saturated rings. The lowest BCUT2D eigenvalue weighted by Gasteiger charge is -2.35. The summed E-state index contributed by atoms with van der Waals surface area (Å²) in [5.74, 6) is -2.68. The number of alkyl halides is 2. The first-order valence-electron chi connectivity index (χ1n) is 10.3. The van der Waals surface area contributed by atoms with Crippen LogP contribution in [0.25, 0.3) is 0 Å². The van der Waals surface area contributed by atoms with Crippen molar-refractivity contribution in [2.45, 2.75) is 38.5 Å². The summed E-state index contributed by atoms with van der Waals surface area (Å²) < 4.78 is 38.0. The number of aromatic nitrogens is 1. The number of aldehydes is 1. The monoisotopic (exact) mass is 439 g/mol. The van der Waals surface area contributed by atoms with Crippen LogP contribution in [0.1, 0.15) is 47.9 Å². The maximum atomic E-state index is 13.2. The summed E-state index contributed by atoms with van der Waals surface area (Å²) >= 11 is 0. The third kappa shape index (κ3) is 3.79. The molecule has 166 valence electrons. The van der Waals surface area contributed by atoms with E-state index in [0.29, 0.717) is 33.7 Å². The van der Waals surface area contributed by atoms with Gasteiger partial charge in [-0.25, -0.2) is 13.8 Å². The van der Waals surface area contributed by atoms with E-state index in [1.165, 1.54) is 7.11 Å². The minimum absolute atomic E-state index is 0.119.